The molecule has 2 bridgehead atoms. The number of nitrogens with one attached hydrogen (secondary N) is 1. The maximum atomic E-state index is 3.98. The van der Waals surface area contributed by atoms with E-state index in [0.29, 0.717) is 28.3 Å². The van der Waals surface area contributed by atoms with Gasteiger partial charge in [0.15, 0.2) is 0 Å². The average molecular weight is 237 g/mol. The molecule has 0 aromatic rings. The van der Waals surface area contributed by atoms with Crippen LogP contribution in [0.15, 0.2) is 0 Å². The Labute approximate surface area is 108 Å². The van der Waals surface area contributed by atoms with Crippen LogP contribution in [0.25, 0.3) is 0 Å². The molecule has 0 saturated heterocycles. The van der Waals surface area contributed by atoms with Crippen LogP contribution in [0.4, 0.5) is 0 Å². The lowest BCUT2D eigenvalue weighted by Gasteiger charge is -2.46. The number of hydrogen-bond acceptors (Lipinski definition) is 1. The fourth-order valence-electron chi connectivity index (χ4n) is 4.22. The van der Waals surface area contributed by atoms with Crippen LogP contribution < -0.4 is 5.32 Å². The molecule has 2 saturated carbocycles. The Balaban J connectivity index is 2.16. The SMILES string of the molecule is CC(NC1C(C)(C)[C@H]2CC[C@]1(C)C2)C(C)(C)C. The molecule has 1 nitrogen and oxygen atoms in total. The molecule has 0 aromatic heterocycles. The minimum absolute atomic E-state index is 0.355. The zero-order valence-electron chi connectivity index (χ0n) is 12.9. The Hall–Kier alpha value is -0.0400. The third kappa shape index (κ3) is 2.05. The van der Waals surface area contributed by atoms with Gasteiger partial charge in [0, 0.05) is 12.1 Å². The van der Waals surface area contributed by atoms with E-state index in [1.165, 1.54) is 19.3 Å². The van der Waals surface area contributed by atoms with Crippen molar-refractivity contribution in [2.75, 3.05) is 0 Å². The first kappa shape index (κ1) is 13.4. The molecule has 17 heavy (non-hydrogen) atoms. The highest BCUT2D eigenvalue weighted by Crippen LogP contribution is 2.62. The van der Waals surface area contributed by atoms with Crippen LogP contribution >= 0.6 is 0 Å². The van der Waals surface area contributed by atoms with E-state index in [2.05, 4.69) is 53.8 Å². The number of rotatable bonds is 2. The molecule has 1 N–H and O–H groups in total. The lowest BCUT2D eigenvalue weighted by molar-refractivity contribution is 0.0830. The van der Waals surface area contributed by atoms with Crippen molar-refractivity contribution in [2.24, 2.45) is 22.2 Å². The maximum Gasteiger partial charge on any atom is 0.0177 e. The van der Waals surface area contributed by atoms with Crippen molar-refractivity contribution in [1.82, 2.24) is 5.32 Å². The van der Waals surface area contributed by atoms with E-state index in [0.717, 1.165) is 5.92 Å². The molecule has 2 fully saturated rings. The van der Waals surface area contributed by atoms with Gasteiger partial charge in [-0.2, -0.15) is 0 Å². The molecule has 0 spiro atoms. The minimum atomic E-state index is 0.355. The largest absolute Gasteiger partial charge is 0.310 e. The molecule has 0 heterocycles. The van der Waals surface area contributed by atoms with Crippen molar-refractivity contribution in [2.45, 2.75) is 79.8 Å². The van der Waals surface area contributed by atoms with Gasteiger partial charge in [-0.25, -0.2) is 0 Å². The van der Waals surface area contributed by atoms with Crippen LogP contribution in [0.5, 0.6) is 0 Å². The highest BCUT2D eigenvalue weighted by atomic mass is 15.0. The van der Waals surface area contributed by atoms with Crippen molar-refractivity contribution < 1.29 is 0 Å². The molecular formula is C16H31N. The predicted octanol–water partition coefficient (Wildman–Crippen LogP) is 4.23. The zero-order valence-corrected chi connectivity index (χ0v) is 12.9. The van der Waals surface area contributed by atoms with Gasteiger partial charge in [0.2, 0.25) is 0 Å². The Kier molecular flexibility index (Phi) is 2.94. The molecule has 1 heteroatoms. The summed E-state index contributed by atoms with van der Waals surface area (Å²) in [5.41, 5.74) is 1.38. The molecule has 2 aliphatic carbocycles. The van der Waals surface area contributed by atoms with Crippen LogP contribution in [0, 0.1) is 22.2 Å². The highest BCUT2D eigenvalue weighted by Gasteiger charge is 2.59. The van der Waals surface area contributed by atoms with Crippen LogP contribution in [0.1, 0.15) is 67.7 Å². The van der Waals surface area contributed by atoms with E-state index < -0.39 is 0 Å². The Bertz CT molecular complexity index is 294. The summed E-state index contributed by atoms with van der Waals surface area (Å²) in [5, 5.41) is 3.98. The van der Waals surface area contributed by atoms with Crippen molar-refractivity contribution in [1.29, 1.82) is 0 Å². The smallest absolute Gasteiger partial charge is 0.0177 e. The summed E-state index contributed by atoms with van der Waals surface area (Å²) in [4.78, 5) is 0. The van der Waals surface area contributed by atoms with Crippen LogP contribution in [0.2, 0.25) is 0 Å². The molecule has 4 atom stereocenters. The van der Waals surface area contributed by atoms with Gasteiger partial charge in [0.1, 0.15) is 0 Å². The topological polar surface area (TPSA) is 12.0 Å². The van der Waals surface area contributed by atoms with Crippen molar-refractivity contribution in [3.05, 3.63) is 0 Å². The quantitative estimate of drug-likeness (QED) is 0.758. The second-order valence-corrected chi connectivity index (χ2v) is 8.60. The zero-order chi connectivity index (χ0) is 13.1. The number of fused-ring (bicyclic) bond motifs is 2. The predicted molar refractivity (Wildman–Crippen MR) is 75.1 cm³/mol. The van der Waals surface area contributed by atoms with Crippen LogP contribution in [-0.2, 0) is 0 Å². The second-order valence-electron chi connectivity index (χ2n) is 8.60. The molecule has 2 rings (SSSR count). The van der Waals surface area contributed by atoms with Gasteiger partial charge < -0.3 is 5.32 Å². The highest BCUT2D eigenvalue weighted by molar-refractivity contribution is 5.12. The summed E-state index contributed by atoms with van der Waals surface area (Å²) >= 11 is 0. The standard InChI is InChI=1S/C16H31N/c1-11(14(2,3)4)17-13-15(5,6)12-8-9-16(13,7)10-12/h11-13,17H,8-10H2,1-7H3/t11?,12-,13?,16+/m0/s1. The van der Waals surface area contributed by atoms with Gasteiger partial charge in [-0.05, 0) is 48.3 Å². The van der Waals surface area contributed by atoms with Crippen LogP contribution in [-0.4, -0.2) is 12.1 Å². The lowest BCUT2D eigenvalue weighted by atomic mass is 9.67. The first-order chi connectivity index (χ1) is 7.57. The van der Waals surface area contributed by atoms with E-state index in [-0.39, 0.29) is 0 Å². The molecule has 0 aliphatic heterocycles. The molecule has 0 amide bonds. The van der Waals surface area contributed by atoms with Gasteiger partial charge in [0.05, 0.1) is 0 Å². The maximum absolute atomic E-state index is 3.98. The molecular weight excluding hydrogens is 206 g/mol. The Morgan fingerprint density at radius 3 is 2.18 bits per heavy atom. The van der Waals surface area contributed by atoms with Crippen molar-refractivity contribution in [3.8, 4) is 0 Å². The fraction of sp³-hybridized carbons (Fsp3) is 1.00. The third-order valence-electron chi connectivity index (χ3n) is 5.99. The fourth-order valence-corrected chi connectivity index (χ4v) is 4.22. The number of hydrogen-bond donors (Lipinski definition) is 1. The first-order valence-corrected chi connectivity index (χ1v) is 7.33. The third-order valence-corrected chi connectivity index (χ3v) is 5.99. The first-order valence-electron chi connectivity index (χ1n) is 7.33. The van der Waals surface area contributed by atoms with E-state index in [4.69, 9.17) is 0 Å². The normalized spacial score (nSPS) is 41.8. The van der Waals surface area contributed by atoms with E-state index >= 15 is 0 Å². The van der Waals surface area contributed by atoms with Gasteiger partial charge in [-0.3, -0.25) is 0 Å². The second kappa shape index (κ2) is 3.73. The summed E-state index contributed by atoms with van der Waals surface area (Å²) in [6, 6.07) is 1.28. The van der Waals surface area contributed by atoms with Gasteiger partial charge in [0.25, 0.3) is 0 Å². The summed E-state index contributed by atoms with van der Waals surface area (Å²) in [7, 11) is 0. The van der Waals surface area contributed by atoms with Gasteiger partial charge >= 0.3 is 0 Å². The van der Waals surface area contributed by atoms with Crippen molar-refractivity contribution >= 4 is 0 Å². The van der Waals surface area contributed by atoms with E-state index in [9.17, 15) is 0 Å². The van der Waals surface area contributed by atoms with Gasteiger partial charge in [-0.1, -0.05) is 41.5 Å². The minimum Gasteiger partial charge on any atom is -0.310 e. The lowest BCUT2D eigenvalue weighted by Crippen LogP contribution is -2.55. The van der Waals surface area contributed by atoms with E-state index in [1.807, 2.05) is 0 Å². The summed E-state index contributed by atoms with van der Waals surface area (Å²) < 4.78 is 0. The summed E-state index contributed by atoms with van der Waals surface area (Å²) in [5.74, 6) is 0.942. The molecule has 0 aromatic carbocycles. The molecule has 100 valence electrons. The Morgan fingerprint density at radius 2 is 1.76 bits per heavy atom. The summed E-state index contributed by atoms with van der Waals surface area (Å²) in [6.45, 7) is 16.8. The molecule has 2 aliphatic rings. The van der Waals surface area contributed by atoms with E-state index in [1.54, 1.807) is 0 Å². The Morgan fingerprint density at radius 1 is 1.18 bits per heavy atom. The summed E-state index contributed by atoms with van der Waals surface area (Å²) in [6.07, 6.45) is 4.32. The van der Waals surface area contributed by atoms with Gasteiger partial charge in [-0.15, -0.1) is 0 Å². The van der Waals surface area contributed by atoms with Crippen LogP contribution in [0.3, 0.4) is 0 Å². The van der Waals surface area contributed by atoms with Crippen molar-refractivity contribution in [3.63, 3.8) is 0 Å². The molecule has 2 unspecified atom stereocenters. The monoisotopic (exact) mass is 237 g/mol. The average Bonchev–Trinajstić information content (AvgIpc) is 2.62. The molecule has 0 radical (unpaired) electrons.